The molecule has 1 N–H and O–H groups in total. The summed E-state index contributed by atoms with van der Waals surface area (Å²) in [4.78, 5) is 31.4. The van der Waals surface area contributed by atoms with Crippen LogP contribution in [0.25, 0.3) is 0 Å². The monoisotopic (exact) mass is 365 g/mol. The molecular weight excluding hydrogens is 342 g/mol. The van der Waals surface area contributed by atoms with Crippen LogP contribution in [0.2, 0.25) is 0 Å². The zero-order chi connectivity index (χ0) is 18.8. The molecule has 0 aliphatic carbocycles. The van der Waals surface area contributed by atoms with E-state index in [2.05, 4.69) is 10.3 Å². The average molecular weight is 365 g/mol. The van der Waals surface area contributed by atoms with Gasteiger partial charge in [-0.15, -0.1) is 0 Å². The van der Waals surface area contributed by atoms with Crippen LogP contribution in [0.3, 0.4) is 0 Å². The van der Waals surface area contributed by atoms with E-state index in [-0.39, 0.29) is 29.8 Å². The van der Waals surface area contributed by atoms with Crippen LogP contribution in [-0.4, -0.2) is 47.5 Å². The summed E-state index contributed by atoms with van der Waals surface area (Å²) in [5.41, 5.74) is 2.64. The third kappa shape index (κ3) is 3.57. The first kappa shape index (κ1) is 17.7. The van der Waals surface area contributed by atoms with E-state index in [0.717, 1.165) is 16.7 Å². The van der Waals surface area contributed by atoms with Crippen molar-refractivity contribution in [1.82, 2.24) is 15.2 Å². The minimum atomic E-state index is -0.221. The van der Waals surface area contributed by atoms with Crippen LogP contribution in [0.15, 0.2) is 48.8 Å². The van der Waals surface area contributed by atoms with Crippen molar-refractivity contribution in [3.63, 3.8) is 0 Å². The van der Waals surface area contributed by atoms with E-state index in [1.54, 1.807) is 12.4 Å². The smallest absolute Gasteiger partial charge is 0.254 e. The van der Waals surface area contributed by atoms with E-state index in [1.165, 1.54) is 0 Å². The van der Waals surface area contributed by atoms with Crippen molar-refractivity contribution in [2.75, 3.05) is 19.7 Å². The number of aromatic nitrogens is 1. The van der Waals surface area contributed by atoms with Crippen molar-refractivity contribution >= 4 is 11.8 Å². The molecule has 0 saturated carbocycles. The summed E-state index contributed by atoms with van der Waals surface area (Å²) < 4.78 is 5.84. The number of pyridine rings is 1. The molecule has 0 spiro atoms. The topological polar surface area (TPSA) is 71.5 Å². The molecule has 140 valence electrons. The zero-order valence-corrected chi connectivity index (χ0v) is 15.3. The fourth-order valence-electron chi connectivity index (χ4n) is 3.95. The largest absolute Gasteiger partial charge is 0.375 e. The predicted octanol–water partition coefficient (Wildman–Crippen LogP) is 1.79. The van der Waals surface area contributed by atoms with Crippen molar-refractivity contribution < 1.29 is 14.3 Å². The molecule has 2 saturated heterocycles. The van der Waals surface area contributed by atoms with Gasteiger partial charge in [0.2, 0.25) is 5.91 Å². The first-order valence-electron chi connectivity index (χ1n) is 9.26. The number of rotatable bonds is 4. The van der Waals surface area contributed by atoms with Gasteiger partial charge < -0.3 is 15.0 Å². The fraction of sp³-hybridized carbons (Fsp3) is 0.381. The van der Waals surface area contributed by atoms with E-state index in [0.29, 0.717) is 26.2 Å². The van der Waals surface area contributed by atoms with Crippen molar-refractivity contribution in [3.05, 3.63) is 65.5 Å². The number of likely N-dealkylation sites (tertiary alicyclic amines) is 1. The summed E-state index contributed by atoms with van der Waals surface area (Å²) in [6, 6.07) is 11.4. The number of nitrogens with one attached hydrogen (secondary N) is 1. The number of aryl methyl sites for hydroxylation is 1. The summed E-state index contributed by atoms with van der Waals surface area (Å²) in [6.07, 6.45) is 3.39. The van der Waals surface area contributed by atoms with Gasteiger partial charge in [-0.3, -0.25) is 14.6 Å². The number of carbonyl (C=O) groups excluding carboxylic acids is 2. The highest BCUT2D eigenvalue weighted by Crippen LogP contribution is 2.34. The first-order valence-corrected chi connectivity index (χ1v) is 9.26. The molecular formula is C21H23N3O3. The van der Waals surface area contributed by atoms with Crippen LogP contribution < -0.4 is 5.32 Å². The van der Waals surface area contributed by atoms with Crippen LogP contribution in [0.4, 0.5) is 0 Å². The minimum absolute atomic E-state index is 0.0145. The summed E-state index contributed by atoms with van der Waals surface area (Å²) in [6.45, 7) is 3.91. The molecule has 27 heavy (non-hydrogen) atoms. The third-order valence-corrected chi connectivity index (χ3v) is 5.50. The highest BCUT2D eigenvalue weighted by Gasteiger charge is 2.48. The lowest BCUT2D eigenvalue weighted by Crippen LogP contribution is -2.37. The quantitative estimate of drug-likeness (QED) is 0.897. The molecule has 0 unspecified atom stereocenters. The lowest BCUT2D eigenvalue weighted by Gasteiger charge is -2.20. The van der Waals surface area contributed by atoms with Crippen LogP contribution in [-0.2, 0) is 16.1 Å². The molecule has 3 atom stereocenters. The average Bonchev–Trinajstić information content (AvgIpc) is 3.27. The van der Waals surface area contributed by atoms with E-state index >= 15 is 0 Å². The molecule has 2 amide bonds. The Bertz CT molecular complexity index is 840. The Morgan fingerprint density at radius 3 is 2.85 bits per heavy atom. The van der Waals surface area contributed by atoms with E-state index in [4.69, 9.17) is 4.74 Å². The van der Waals surface area contributed by atoms with Gasteiger partial charge in [0.25, 0.3) is 5.91 Å². The summed E-state index contributed by atoms with van der Waals surface area (Å²) in [5.74, 6) is -0.176. The van der Waals surface area contributed by atoms with E-state index in [9.17, 15) is 9.59 Å². The minimum Gasteiger partial charge on any atom is -0.375 e. The molecule has 0 bridgehead atoms. The molecule has 2 aromatic rings. The summed E-state index contributed by atoms with van der Waals surface area (Å²) in [5, 5.41) is 2.98. The SMILES string of the molecule is Cc1ccccc1C(=O)N1C[C@@H]2[C@@H](C(=O)NCc3cccnc3)CO[C@@H]2C1. The van der Waals surface area contributed by atoms with Crippen molar-refractivity contribution in [1.29, 1.82) is 0 Å². The highest BCUT2D eigenvalue weighted by molar-refractivity contribution is 5.96. The Kier molecular flexibility index (Phi) is 4.90. The van der Waals surface area contributed by atoms with Gasteiger partial charge in [-0.05, 0) is 30.2 Å². The summed E-state index contributed by atoms with van der Waals surface area (Å²) >= 11 is 0. The van der Waals surface area contributed by atoms with E-state index < -0.39 is 0 Å². The maximum atomic E-state index is 12.8. The molecule has 0 radical (unpaired) electrons. The van der Waals surface area contributed by atoms with Crippen molar-refractivity contribution in [3.8, 4) is 0 Å². The van der Waals surface area contributed by atoms with Gasteiger partial charge in [0, 0.05) is 43.5 Å². The lowest BCUT2D eigenvalue weighted by molar-refractivity contribution is -0.126. The molecule has 3 heterocycles. The van der Waals surface area contributed by atoms with Gasteiger partial charge in [0.15, 0.2) is 0 Å². The number of hydrogen-bond acceptors (Lipinski definition) is 4. The van der Waals surface area contributed by atoms with Gasteiger partial charge in [-0.1, -0.05) is 24.3 Å². The highest BCUT2D eigenvalue weighted by atomic mass is 16.5. The van der Waals surface area contributed by atoms with Crippen molar-refractivity contribution in [2.45, 2.75) is 19.6 Å². The van der Waals surface area contributed by atoms with E-state index in [1.807, 2.05) is 48.2 Å². The Labute approximate surface area is 158 Å². The fourth-order valence-corrected chi connectivity index (χ4v) is 3.95. The molecule has 6 nitrogen and oxygen atoms in total. The van der Waals surface area contributed by atoms with Gasteiger partial charge in [0.05, 0.1) is 18.6 Å². The third-order valence-electron chi connectivity index (χ3n) is 5.50. The first-order chi connectivity index (χ1) is 13.1. The van der Waals surface area contributed by atoms with Gasteiger partial charge in [0.1, 0.15) is 0 Å². The number of carbonyl (C=O) groups is 2. The molecule has 2 aliphatic rings. The zero-order valence-electron chi connectivity index (χ0n) is 15.3. The normalized spacial score (nSPS) is 23.9. The number of amides is 2. The molecule has 1 aromatic heterocycles. The maximum Gasteiger partial charge on any atom is 0.254 e. The molecule has 4 rings (SSSR count). The second-order valence-electron chi connectivity index (χ2n) is 7.25. The molecule has 6 heteroatoms. The van der Waals surface area contributed by atoms with Gasteiger partial charge in [-0.25, -0.2) is 0 Å². The Morgan fingerprint density at radius 2 is 2.07 bits per heavy atom. The number of ether oxygens (including phenoxy) is 1. The van der Waals surface area contributed by atoms with Crippen LogP contribution >= 0.6 is 0 Å². The van der Waals surface area contributed by atoms with Gasteiger partial charge >= 0.3 is 0 Å². The standard InChI is InChI=1S/C21H23N3O3/c1-14-5-2-3-7-16(14)21(26)24-11-17-18(13-27-19(17)12-24)20(25)23-10-15-6-4-8-22-9-15/h2-9,17-19H,10-13H2,1H3,(H,23,25)/t17-,18+,19-/m1/s1. The summed E-state index contributed by atoms with van der Waals surface area (Å²) in [7, 11) is 0. The van der Waals surface area contributed by atoms with Crippen LogP contribution in [0.5, 0.6) is 0 Å². The molecule has 1 aromatic carbocycles. The Hall–Kier alpha value is -2.73. The number of benzene rings is 1. The Morgan fingerprint density at radius 1 is 1.22 bits per heavy atom. The number of nitrogens with zero attached hydrogens (tertiary/aromatic N) is 2. The lowest BCUT2D eigenvalue weighted by atomic mass is 9.92. The Balaban J connectivity index is 1.39. The second-order valence-corrected chi connectivity index (χ2v) is 7.25. The molecule has 2 aliphatic heterocycles. The van der Waals surface area contributed by atoms with Crippen molar-refractivity contribution in [2.24, 2.45) is 11.8 Å². The van der Waals surface area contributed by atoms with Crippen LogP contribution in [0.1, 0.15) is 21.5 Å². The van der Waals surface area contributed by atoms with Gasteiger partial charge in [-0.2, -0.15) is 0 Å². The van der Waals surface area contributed by atoms with Crippen LogP contribution in [0, 0.1) is 18.8 Å². The second kappa shape index (κ2) is 7.48. The predicted molar refractivity (Wildman–Crippen MR) is 99.9 cm³/mol. The number of fused-ring (bicyclic) bond motifs is 1. The molecule has 2 fully saturated rings. The maximum absolute atomic E-state index is 12.8. The number of hydrogen-bond donors (Lipinski definition) is 1.